The van der Waals surface area contributed by atoms with E-state index >= 15 is 0 Å². The molecule has 268 valence electrons. The van der Waals surface area contributed by atoms with Gasteiger partial charge in [-0.05, 0) is 92.9 Å². The number of thiophene rings is 1. The van der Waals surface area contributed by atoms with Crippen LogP contribution in [0.25, 0.3) is 20.5 Å². The lowest BCUT2D eigenvalue weighted by molar-refractivity contribution is -0.160. The summed E-state index contributed by atoms with van der Waals surface area (Å²) in [5, 5.41) is 0.952. The topological polar surface area (TPSA) is 75.7 Å². The van der Waals surface area contributed by atoms with Crippen LogP contribution >= 0.6 is 11.3 Å². The fourth-order valence-corrected chi connectivity index (χ4v) is 6.89. The maximum absolute atomic E-state index is 13.8. The Hall–Kier alpha value is -4.48. The lowest BCUT2D eigenvalue weighted by Crippen LogP contribution is -2.29. The minimum Gasteiger partial charge on any atom is -0.492 e. The number of esters is 1. The van der Waals surface area contributed by atoms with Gasteiger partial charge >= 0.3 is 5.97 Å². The van der Waals surface area contributed by atoms with E-state index < -0.39 is 5.60 Å². The van der Waals surface area contributed by atoms with Crippen molar-refractivity contribution in [2.45, 2.75) is 45.5 Å². The van der Waals surface area contributed by atoms with Gasteiger partial charge in [-0.1, -0.05) is 42.5 Å². The Bertz CT molecular complexity index is 1860. The van der Waals surface area contributed by atoms with E-state index in [1.165, 1.54) is 12.1 Å². The van der Waals surface area contributed by atoms with Crippen LogP contribution in [0, 0.1) is 5.82 Å². The van der Waals surface area contributed by atoms with Crippen molar-refractivity contribution in [2.24, 2.45) is 0 Å². The summed E-state index contributed by atoms with van der Waals surface area (Å²) in [6, 6.07) is 30.1. The standard InChI is InChI=1S/C41H44FNO7S/c1-41(2,3)50-38(44)28-45-23-24-47-35-19-20-43(26-35)21-22-46-32-13-15-33(16-14-32)49-39-36-18-17-34(48-27-29-7-5-4-6-8-29)25-37(36)51-40(39)30-9-11-31(42)12-10-30/h4-18,25,35H,19-24,26-28H2,1-3H3/t35-/m1/s1. The molecule has 1 saturated heterocycles. The number of likely N-dealkylation sites (tertiary alicyclic amines) is 1. The third kappa shape index (κ3) is 10.8. The highest BCUT2D eigenvalue weighted by Crippen LogP contribution is 2.47. The molecule has 2 heterocycles. The molecule has 5 aromatic rings. The average Bonchev–Trinajstić information content (AvgIpc) is 3.72. The molecule has 0 radical (unpaired) electrons. The van der Waals surface area contributed by atoms with Crippen molar-refractivity contribution in [3.05, 3.63) is 108 Å². The van der Waals surface area contributed by atoms with E-state index in [2.05, 4.69) is 4.90 Å². The second kappa shape index (κ2) is 17.2. The van der Waals surface area contributed by atoms with Gasteiger partial charge in [0.05, 0.1) is 24.2 Å². The van der Waals surface area contributed by atoms with Gasteiger partial charge < -0.3 is 28.4 Å². The van der Waals surface area contributed by atoms with Crippen LogP contribution in [-0.4, -0.2) is 68.6 Å². The Kier molecular flexibility index (Phi) is 12.2. The second-order valence-corrected chi connectivity index (χ2v) is 14.4. The van der Waals surface area contributed by atoms with Crippen molar-refractivity contribution < 1.29 is 37.6 Å². The first-order valence-electron chi connectivity index (χ1n) is 17.2. The largest absolute Gasteiger partial charge is 0.492 e. The van der Waals surface area contributed by atoms with Crippen molar-refractivity contribution >= 4 is 27.4 Å². The first-order chi connectivity index (χ1) is 24.7. The lowest BCUT2D eigenvalue weighted by Gasteiger charge is -2.19. The molecule has 1 fully saturated rings. The third-order valence-electron chi connectivity index (χ3n) is 8.14. The van der Waals surface area contributed by atoms with Crippen molar-refractivity contribution in [1.29, 1.82) is 0 Å². The zero-order valence-corrected chi connectivity index (χ0v) is 30.1. The van der Waals surface area contributed by atoms with Crippen LogP contribution in [0.2, 0.25) is 0 Å². The number of hydrogen-bond donors (Lipinski definition) is 0. The van der Waals surface area contributed by atoms with Gasteiger partial charge in [-0.2, -0.15) is 0 Å². The molecule has 0 N–H and O–H groups in total. The quantitative estimate of drug-likeness (QED) is 0.0742. The third-order valence-corrected chi connectivity index (χ3v) is 9.32. The molecule has 0 spiro atoms. The van der Waals surface area contributed by atoms with Gasteiger partial charge in [-0.3, -0.25) is 4.90 Å². The summed E-state index contributed by atoms with van der Waals surface area (Å²) in [6.45, 7) is 9.77. The van der Waals surface area contributed by atoms with Gasteiger partial charge in [0.2, 0.25) is 0 Å². The molecule has 1 aliphatic heterocycles. The SMILES string of the molecule is CC(C)(C)OC(=O)COCCO[C@@H]1CCN(CCOc2ccc(Oc3c(-c4ccc(F)cc4)sc4cc(OCc5ccccc5)ccc34)cc2)C1. The van der Waals surface area contributed by atoms with Crippen LogP contribution in [0.1, 0.15) is 32.8 Å². The minimum atomic E-state index is -0.519. The van der Waals surface area contributed by atoms with Gasteiger partial charge in [0.15, 0.2) is 5.75 Å². The molecule has 4 aromatic carbocycles. The first-order valence-corrected chi connectivity index (χ1v) is 18.0. The smallest absolute Gasteiger partial charge is 0.332 e. The molecule has 0 amide bonds. The Morgan fingerprint density at radius 1 is 0.863 bits per heavy atom. The summed E-state index contributed by atoms with van der Waals surface area (Å²) < 4.78 is 50.1. The number of carbonyl (C=O) groups is 1. The number of halogens is 1. The molecule has 1 aliphatic rings. The van der Waals surface area contributed by atoms with Crippen LogP contribution in [0.15, 0.2) is 97.1 Å². The van der Waals surface area contributed by atoms with E-state index in [1.54, 1.807) is 23.5 Å². The monoisotopic (exact) mass is 713 g/mol. The van der Waals surface area contributed by atoms with Crippen molar-refractivity contribution in [3.8, 4) is 33.4 Å². The van der Waals surface area contributed by atoms with Crippen molar-refractivity contribution in [1.82, 2.24) is 4.90 Å². The summed E-state index contributed by atoms with van der Waals surface area (Å²) in [7, 11) is 0. The van der Waals surface area contributed by atoms with Gasteiger partial charge in [-0.25, -0.2) is 9.18 Å². The van der Waals surface area contributed by atoms with Crippen LogP contribution in [0.4, 0.5) is 4.39 Å². The number of nitrogens with zero attached hydrogens (tertiary/aromatic N) is 1. The molecule has 1 aromatic heterocycles. The molecule has 1 atom stereocenters. The van der Waals surface area contributed by atoms with Crippen LogP contribution in [0.5, 0.6) is 23.0 Å². The van der Waals surface area contributed by atoms with E-state index in [0.29, 0.717) is 37.9 Å². The molecule has 0 aliphatic carbocycles. The molecular weight excluding hydrogens is 670 g/mol. The number of carbonyl (C=O) groups excluding carboxylic acids is 1. The molecule has 51 heavy (non-hydrogen) atoms. The minimum absolute atomic E-state index is 0.0731. The van der Waals surface area contributed by atoms with Crippen LogP contribution in [-0.2, 0) is 25.6 Å². The van der Waals surface area contributed by atoms with Gasteiger partial charge in [0.1, 0.15) is 48.5 Å². The summed E-state index contributed by atoms with van der Waals surface area (Å²) in [4.78, 5) is 15.0. The Labute approximate surface area is 302 Å². The van der Waals surface area contributed by atoms with Gasteiger partial charge in [0.25, 0.3) is 0 Å². The fraction of sp³-hybridized carbons (Fsp3) is 0.341. The molecule has 0 saturated carbocycles. The maximum atomic E-state index is 13.8. The average molecular weight is 714 g/mol. The van der Waals surface area contributed by atoms with E-state index in [-0.39, 0.29) is 24.5 Å². The highest BCUT2D eigenvalue weighted by molar-refractivity contribution is 7.22. The van der Waals surface area contributed by atoms with Crippen molar-refractivity contribution in [2.75, 3.05) is 46.1 Å². The maximum Gasteiger partial charge on any atom is 0.332 e. The Morgan fingerprint density at radius 3 is 2.37 bits per heavy atom. The highest BCUT2D eigenvalue weighted by atomic mass is 32.1. The number of benzene rings is 4. The summed E-state index contributed by atoms with van der Waals surface area (Å²) in [5.41, 5.74) is 1.45. The van der Waals surface area contributed by atoms with E-state index in [1.807, 2.05) is 93.6 Å². The molecule has 10 heteroatoms. The zero-order valence-electron chi connectivity index (χ0n) is 29.3. The predicted octanol–water partition coefficient (Wildman–Crippen LogP) is 8.91. The van der Waals surface area contributed by atoms with Gasteiger partial charge in [-0.15, -0.1) is 11.3 Å². The number of ether oxygens (including phenoxy) is 6. The van der Waals surface area contributed by atoms with Gasteiger partial charge in [0, 0.05) is 29.7 Å². The van der Waals surface area contributed by atoms with Crippen molar-refractivity contribution in [3.63, 3.8) is 0 Å². The summed E-state index contributed by atoms with van der Waals surface area (Å²) >= 11 is 1.58. The first kappa shape index (κ1) is 36.3. The Balaban J connectivity index is 0.996. The molecule has 0 unspecified atom stereocenters. The summed E-state index contributed by atoms with van der Waals surface area (Å²) in [5.74, 6) is 2.25. The Morgan fingerprint density at radius 2 is 1.61 bits per heavy atom. The molecule has 0 bridgehead atoms. The molecule has 6 rings (SSSR count). The summed E-state index contributed by atoms with van der Waals surface area (Å²) in [6.07, 6.45) is 1.07. The fourth-order valence-electron chi connectivity index (χ4n) is 5.73. The molecular formula is C41H44FNO7S. The predicted molar refractivity (Wildman–Crippen MR) is 197 cm³/mol. The zero-order chi connectivity index (χ0) is 35.6. The number of rotatable bonds is 16. The van der Waals surface area contributed by atoms with Crippen LogP contribution < -0.4 is 14.2 Å². The second-order valence-electron chi connectivity index (χ2n) is 13.3. The highest BCUT2D eigenvalue weighted by Gasteiger charge is 2.23. The normalized spacial score (nSPS) is 14.9. The van der Waals surface area contributed by atoms with E-state index in [4.69, 9.17) is 28.4 Å². The van der Waals surface area contributed by atoms with Crippen LogP contribution in [0.3, 0.4) is 0 Å². The van der Waals surface area contributed by atoms with E-state index in [0.717, 1.165) is 63.6 Å². The molecule has 8 nitrogen and oxygen atoms in total. The number of fused-ring (bicyclic) bond motifs is 1. The number of hydrogen-bond acceptors (Lipinski definition) is 9. The lowest BCUT2D eigenvalue weighted by atomic mass is 10.1. The van der Waals surface area contributed by atoms with E-state index in [9.17, 15) is 9.18 Å².